The van der Waals surface area contributed by atoms with Gasteiger partial charge in [-0.15, -0.1) is 0 Å². The molecule has 5 rings (SSSR count). The van der Waals surface area contributed by atoms with Crippen LogP contribution < -0.4 is 20.1 Å². The van der Waals surface area contributed by atoms with Crippen LogP contribution in [0, 0.1) is 17.2 Å². The molecular weight excluding hydrogens is 389 g/mol. The number of ether oxygens (including phenoxy) is 2. The monoisotopic (exact) mass is 411 g/mol. The van der Waals surface area contributed by atoms with Crippen molar-refractivity contribution >= 4 is 17.6 Å². The van der Waals surface area contributed by atoms with Crippen molar-refractivity contribution in [3.63, 3.8) is 0 Å². The molecule has 2 aromatic rings. The van der Waals surface area contributed by atoms with E-state index in [0.29, 0.717) is 35.8 Å². The second kappa shape index (κ2) is 7.19. The number of nitrogens with zero attached hydrogens (tertiary/aromatic N) is 1. The number of anilines is 1. The molecule has 0 radical (unpaired) electrons. The summed E-state index contributed by atoms with van der Waals surface area (Å²) in [6.07, 6.45) is 1.58. The van der Waals surface area contributed by atoms with E-state index in [9.17, 15) is 14.0 Å². The van der Waals surface area contributed by atoms with Crippen molar-refractivity contribution in [1.82, 2.24) is 10.2 Å². The number of hydrogen-bond donors (Lipinski definition) is 2. The lowest BCUT2D eigenvalue weighted by Gasteiger charge is -2.17. The molecule has 30 heavy (non-hydrogen) atoms. The van der Waals surface area contributed by atoms with Crippen LogP contribution in [0.5, 0.6) is 11.5 Å². The third-order valence-corrected chi connectivity index (χ3v) is 6.15. The lowest BCUT2D eigenvalue weighted by atomic mass is 10.0. The summed E-state index contributed by atoms with van der Waals surface area (Å²) in [6, 6.07) is 11.3. The Morgan fingerprint density at radius 3 is 2.90 bits per heavy atom. The lowest BCUT2D eigenvalue weighted by molar-refractivity contribution is -0.118. The van der Waals surface area contributed by atoms with Gasteiger partial charge in [0.25, 0.3) is 0 Å². The number of hydrogen-bond acceptors (Lipinski definition) is 4. The van der Waals surface area contributed by atoms with E-state index in [-0.39, 0.29) is 42.4 Å². The molecule has 1 aliphatic carbocycles. The standard InChI is InChI=1S/C22H22FN3O4/c23-15-3-1-2-14(8-15)11-24-21(28)26-7-6-22(12-26)10-17(22)20(27)25-16-4-5-18-19(9-16)30-13-29-18/h1-5,8-9,17H,6-7,10-13H2,(H,24,28)(H,25,27)/t17-,22+/m0/s1. The first kappa shape index (κ1) is 18.7. The van der Waals surface area contributed by atoms with Gasteiger partial charge in [-0.25, -0.2) is 9.18 Å². The van der Waals surface area contributed by atoms with E-state index >= 15 is 0 Å². The second-order valence-electron chi connectivity index (χ2n) is 8.14. The number of fused-ring (bicyclic) bond motifs is 1. The summed E-state index contributed by atoms with van der Waals surface area (Å²) in [5.74, 6) is 0.836. The Morgan fingerprint density at radius 2 is 2.03 bits per heavy atom. The van der Waals surface area contributed by atoms with E-state index in [1.54, 1.807) is 35.2 Å². The zero-order chi connectivity index (χ0) is 20.7. The van der Waals surface area contributed by atoms with Crippen LogP contribution in [-0.2, 0) is 11.3 Å². The van der Waals surface area contributed by atoms with Crippen molar-refractivity contribution in [3.05, 3.63) is 53.8 Å². The molecule has 0 unspecified atom stereocenters. The molecule has 2 atom stereocenters. The van der Waals surface area contributed by atoms with E-state index in [1.807, 2.05) is 0 Å². The molecule has 7 nitrogen and oxygen atoms in total. The molecule has 2 fully saturated rings. The Kier molecular flexibility index (Phi) is 4.49. The Morgan fingerprint density at radius 1 is 1.17 bits per heavy atom. The van der Waals surface area contributed by atoms with E-state index in [4.69, 9.17) is 9.47 Å². The Hall–Kier alpha value is -3.29. The minimum Gasteiger partial charge on any atom is -0.454 e. The molecular formula is C22H22FN3O4. The maximum atomic E-state index is 13.3. The maximum absolute atomic E-state index is 13.3. The van der Waals surface area contributed by atoms with Crippen molar-refractivity contribution in [2.24, 2.45) is 11.3 Å². The third-order valence-electron chi connectivity index (χ3n) is 6.15. The summed E-state index contributed by atoms with van der Waals surface area (Å²) in [5.41, 5.74) is 1.25. The fraction of sp³-hybridized carbons (Fsp3) is 0.364. The van der Waals surface area contributed by atoms with Gasteiger partial charge in [0.05, 0.1) is 0 Å². The molecule has 1 spiro atoms. The molecule has 8 heteroatoms. The number of urea groups is 1. The predicted octanol–water partition coefficient (Wildman–Crippen LogP) is 3.11. The zero-order valence-electron chi connectivity index (χ0n) is 16.3. The van der Waals surface area contributed by atoms with Crippen LogP contribution in [0.3, 0.4) is 0 Å². The second-order valence-corrected chi connectivity index (χ2v) is 8.14. The Labute approximate surface area is 173 Å². The van der Waals surface area contributed by atoms with Crippen molar-refractivity contribution < 1.29 is 23.5 Å². The van der Waals surface area contributed by atoms with E-state index in [2.05, 4.69) is 10.6 Å². The van der Waals surface area contributed by atoms with Gasteiger partial charge in [-0.2, -0.15) is 0 Å². The van der Waals surface area contributed by atoms with Gasteiger partial charge in [-0.05, 0) is 42.7 Å². The summed E-state index contributed by atoms with van der Waals surface area (Å²) in [6.45, 7) is 1.63. The molecule has 3 aliphatic rings. The highest BCUT2D eigenvalue weighted by molar-refractivity contribution is 5.95. The summed E-state index contributed by atoms with van der Waals surface area (Å²) in [5, 5.41) is 5.79. The molecule has 2 aromatic carbocycles. The number of benzene rings is 2. The summed E-state index contributed by atoms with van der Waals surface area (Å²) < 4.78 is 23.9. The molecule has 0 aromatic heterocycles. The number of rotatable bonds is 4. The van der Waals surface area contributed by atoms with Gasteiger partial charge in [0.15, 0.2) is 11.5 Å². The first-order chi connectivity index (χ1) is 14.5. The van der Waals surface area contributed by atoms with Crippen molar-refractivity contribution in [2.45, 2.75) is 19.4 Å². The average Bonchev–Trinajstić information content (AvgIpc) is 3.04. The average molecular weight is 411 g/mol. The number of amides is 3. The van der Waals surface area contributed by atoms with Gasteiger partial charge < -0.3 is 25.0 Å². The van der Waals surface area contributed by atoms with Crippen molar-refractivity contribution in [2.75, 3.05) is 25.2 Å². The Bertz CT molecular complexity index is 1010. The molecule has 2 aliphatic heterocycles. The Balaban J connectivity index is 1.14. The van der Waals surface area contributed by atoms with E-state index in [0.717, 1.165) is 12.8 Å². The molecule has 0 bridgehead atoms. The predicted molar refractivity (Wildman–Crippen MR) is 107 cm³/mol. The normalized spacial score (nSPS) is 23.5. The molecule has 2 heterocycles. The smallest absolute Gasteiger partial charge is 0.317 e. The zero-order valence-corrected chi connectivity index (χ0v) is 16.3. The molecule has 156 valence electrons. The highest BCUT2D eigenvalue weighted by Gasteiger charge is 2.61. The summed E-state index contributed by atoms with van der Waals surface area (Å²) >= 11 is 0. The number of nitrogens with one attached hydrogen (secondary N) is 2. The quantitative estimate of drug-likeness (QED) is 0.810. The van der Waals surface area contributed by atoms with E-state index < -0.39 is 0 Å². The highest BCUT2D eigenvalue weighted by atomic mass is 19.1. The van der Waals surface area contributed by atoms with Gasteiger partial charge in [-0.3, -0.25) is 4.79 Å². The molecule has 2 N–H and O–H groups in total. The minimum atomic E-state index is -0.323. The van der Waals surface area contributed by atoms with Gasteiger partial charge in [0.2, 0.25) is 12.7 Å². The van der Waals surface area contributed by atoms with Crippen LogP contribution in [0.4, 0.5) is 14.9 Å². The topological polar surface area (TPSA) is 79.9 Å². The van der Waals surface area contributed by atoms with Crippen LogP contribution in [-0.4, -0.2) is 36.7 Å². The molecule has 1 saturated carbocycles. The third kappa shape index (κ3) is 3.53. The molecule has 1 saturated heterocycles. The van der Waals surface area contributed by atoms with Crippen molar-refractivity contribution in [3.8, 4) is 11.5 Å². The van der Waals surface area contributed by atoms with Crippen LogP contribution >= 0.6 is 0 Å². The first-order valence-corrected chi connectivity index (χ1v) is 10.0. The summed E-state index contributed by atoms with van der Waals surface area (Å²) in [4.78, 5) is 27.0. The number of halogens is 1. The van der Waals surface area contributed by atoms with Gasteiger partial charge >= 0.3 is 6.03 Å². The lowest BCUT2D eigenvalue weighted by Crippen LogP contribution is -2.38. The highest BCUT2D eigenvalue weighted by Crippen LogP contribution is 2.58. The largest absolute Gasteiger partial charge is 0.454 e. The van der Waals surface area contributed by atoms with E-state index in [1.165, 1.54) is 12.1 Å². The van der Waals surface area contributed by atoms with Gasteiger partial charge in [-0.1, -0.05) is 12.1 Å². The fourth-order valence-electron chi connectivity index (χ4n) is 4.38. The van der Waals surface area contributed by atoms with Crippen LogP contribution in [0.25, 0.3) is 0 Å². The van der Waals surface area contributed by atoms with Crippen LogP contribution in [0.2, 0.25) is 0 Å². The van der Waals surface area contributed by atoms with Crippen molar-refractivity contribution in [1.29, 1.82) is 0 Å². The minimum absolute atomic E-state index is 0.0316. The molecule has 3 amide bonds. The van der Waals surface area contributed by atoms with Crippen LogP contribution in [0.15, 0.2) is 42.5 Å². The maximum Gasteiger partial charge on any atom is 0.317 e. The SMILES string of the molecule is O=C(Nc1ccc2c(c1)OCO2)[C@@H]1C[C@@]12CCN(C(=O)NCc1cccc(F)c1)C2. The number of carbonyl (C=O) groups excluding carboxylic acids is 2. The number of carbonyl (C=O) groups is 2. The van der Waals surface area contributed by atoms with Gasteiger partial charge in [0.1, 0.15) is 5.82 Å². The number of likely N-dealkylation sites (tertiary alicyclic amines) is 1. The fourth-order valence-corrected chi connectivity index (χ4v) is 4.38. The summed E-state index contributed by atoms with van der Waals surface area (Å²) in [7, 11) is 0. The first-order valence-electron chi connectivity index (χ1n) is 10.0. The van der Waals surface area contributed by atoms with Crippen LogP contribution in [0.1, 0.15) is 18.4 Å². The van der Waals surface area contributed by atoms with Gasteiger partial charge in [0, 0.05) is 42.7 Å².